The van der Waals surface area contributed by atoms with Crippen molar-refractivity contribution in [3.8, 4) is 0 Å². The van der Waals surface area contributed by atoms with Crippen molar-refractivity contribution in [2.75, 3.05) is 33.4 Å². The number of rotatable bonds is 7. The summed E-state index contributed by atoms with van der Waals surface area (Å²) in [5.41, 5.74) is 0.964. The first-order valence-electron chi connectivity index (χ1n) is 10.8. The fourth-order valence-electron chi connectivity index (χ4n) is 4.24. The van der Waals surface area contributed by atoms with Crippen LogP contribution in [0.25, 0.3) is 10.8 Å². The van der Waals surface area contributed by atoms with Crippen LogP contribution < -0.4 is 5.32 Å². The lowest BCUT2D eigenvalue weighted by Crippen LogP contribution is -2.47. The van der Waals surface area contributed by atoms with E-state index in [2.05, 4.69) is 17.4 Å². The van der Waals surface area contributed by atoms with Crippen LogP contribution in [0, 0.1) is 0 Å². The highest BCUT2D eigenvalue weighted by atomic mass is 32.2. The molecule has 1 amide bonds. The summed E-state index contributed by atoms with van der Waals surface area (Å²) in [6, 6.07) is 22.7. The molecule has 168 valence electrons. The van der Waals surface area contributed by atoms with Crippen LogP contribution >= 0.6 is 0 Å². The molecule has 1 N–H and O–H groups in total. The Labute approximate surface area is 189 Å². The van der Waals surface area contributed by atoms with Gasteiger partial charge in [0.25, 0.3) is 0 Å². The smallest absolute Gasteiger partial charge is 0.243 e. The molecule has 4 rings (SSSR count). The SMILES string of the molecule is CN(CC(=O)NCC1(c2ccccc2)CCOCC1)S(=O)(=O)c1ccc2ccccc2c1. The Kier molecular flexibility index (Phi) is 6.60. The summed E-state index contributed by atoms with van der Waals surface area (Å²) in [5.74, 6) is -0.321. The first kappa shape index (κ1) is 22.5. The van der Waals surface area contributed by atoms with Gasteiger partial charge in [0.1, 0.15) is 0 Å². The Bertz CT molecular complexity index is 1190. The van der Waals surface area contributed by atoms with Gasteiger partial charge >= 0.3 is 0 Å². The summed E-state index contributed by atoms with van der Waals surface area (Å²) < 4.78 is 32.7. The van der Waals surface area contributed by atoms with Crippen LogP contribution in [-0.4, -0.2) is 52.0 Å². The minimum Gasteiger partial charge on any atom is -0.381 e. The highest BCUT2D eigenvalue weighted by Crippen LogP contribution is 2.34. The van der Waals surface area contributed by atoms with Gasteiger partial charge in [0, 0.05) is 32.2 Å². The molecule has 3 aromatic rings. The third-order valence-electron chi connectivity index (χ3n) is 6.26. The lowest BCUT2D eigenvalue weighted by atomic mass is 9.74. The van der Waals surface area contributed by atoms with E-state index in [0.29, 0.717) is 19.8 Å². The number of hydrogen-bond donors (Lipinski definition) is 1. The zero-order valence-electron chi connectivity index (χ0n) is 18.2. The molecule has 32 heavy (non-hydrogen) atoms. The molecule has 1 saturated heterocycles. The fraction of sp³-hybridized carbons (Fsp3) is 0.320. The lowest BCUT2D eigenvalue weighted by Gasteiger charge is -2.38. The molecule has 1 aliphatic rings. The molecule has 0 aliphatic carbocycles. The molecule has 0 unspecified atom stereocenters. The molecular formula is C25H28N2O4S. The molecule has 6 nitrogen and oxygen atoms in total. The minimum atomic E-state index is -3.78. The van der Waals surface area contributed by atoms with Gasteiger partial charge in [-0.25, -0.2) is 8.42 Å². The van der Waals surface area contributed by atoms with Crippen molar-refractivity contribution in [1.29, 1.82) is 0 Å². The van der Waals surface area contributed by atoms with Crippen LogP contribution in [0.5, 0.6) is 0 Å². The van der Waals surface area contributed by atoms with Crippen LogP contribution in [0.1, 0.15) is 18.4 Å². The van der Waals surface area contributed by atoms with Gasteiger partial charge in [0.05, 0.1) is 11.4 Å². The van der Waals surface area contributed by atoms with Crippen molar-refractivity contribution in [3.63, 3.8) is 0 Å². The highest BCUT2D eigenvalue weighted by Gasteiger charge is 2.35. The largest absolute Gasteiger partial charge is 0.381 e. The molecule has 0 bridgehead atoms. The first-order chi connectivity index (χ1) is 15.4. The molecule has 1 aliphatic heterocycles. The Morgan fingerprint density at radius 2 is 1.62 bits per heavy atom. The molecule has 3 aromatic carbocycles. The average Bonchev–Trinajstić information content (AvgIpc) is 2.83. The zero-order chi connectivity index (χ0) is 22.6. The van der Waals surface area contributed by atoms with Gasteiger partial charge < -0.3 is 10.1 Å². The number of amides is 1. The topological polar surface area (TPSA) is 75.7 Å². The number of carbonyl (C=O) groups excluding carboxylic acids is 1. The van der Waals surface area contributed by atoms with Crippen molar-refractivity contribution in [1.82, 2.24) is 9.62 Å². The van der Waals surface area contributed by atoms with Gasteiger partial charge in [0.15, 0.2) is 0 Å². The second-order valence-electron chi connectivity index (χ2n) is 8.31. The molecule has 1 heterocycles. The average molecular weight is 453 g/mol. The highest BCUT2D eigenvalue weighted by molar-refractivity contribution is 7.89. The standard InChI is InChI=1S/C25H28N2O4S/c1-27(32(29,30)23-12-11-20-7-5-6-8-21(20)17-23)18-24(28)26-19-25(13-15-31-16-14-25)22-9-3-2-4-10-22/h2-12,17H,13-16,18-19H2,1H3,(H,26,28). The van der Waals surface area contributed by atoms with E-state index < -0.39 is 10.0 Å². The van der Waals surface area contributed by atoms with E-state index in [1.165, 1.54) is 12.6 Å². The molecule has 7 heteroatoms. The predicted octanol–water partition coefficient (Wildman–Crippen LogP) is 3.32. The van der Waals surface area contributed by atoms with E-state index in [9.17, 15) is 13.2 Å². The normalized spacial score (nSPS) is 16.2. The predicted molar refractivity (Wildman–Crippen MR) is 125 cm³/mol. The molecule has 0 saturated carbocycles. The monoisotopic (exact) mass is 452 g/mol. The maximum Gasteiger partial charge on any atom is 0.243 e. The van der Waals surface area contributed by atoms with E-state index >= 15 is 0 Å². The van der Waals surface area contributed by atoms with E-state index in [1.807, 2.05) is 42.5 Å². The van der Waals surface area contributed by atoms with Gasteiger partial charge in [-0.15, -0.1) is 0 Å². The Balaban J connectivity index is 1.44. The van der Waals surface area contributed by atoms with Gasteiger partial charge in [0.2, 0.25) is 15.9 Å². The molecule has 0 aromatic heterocycles. The molecule has 0 atom stereocenters. The lowest BCUT2D eigenvalue weighted by molar-refractivity contribution is -0.121. The van der Waals surface area contributed by atoms with Crippen molar-refractivity contribution in [3.05, 3.63) is 78.4 Å². The number of likely N-dealkylation sites (N-methyl/N-ethyl adjacent to an activating group) is 1. The van der Waals surface area contributed by atoms with Crippen molar-refractivity contribution < 1.29 is 17.9 Å². The van der Waals surface area contributed by atoms with Gasteiger partial charge in [-0.05, 0) is 41.3 Å². The Morgan fingerprint density at radius 1 is 0.969 bits per heavy atom. The van der Waals surface area contributed by atoms with Crippen LogP contribution in [0.15, 0.2) is 77.7 Å². The summed E-state index contributed by atoms with van der Waals surface area (Å²) in [5, 5.41) is 4.79. The zero-order valence-corrected chi connectivity index (χ0v) is 19.0. The number of nitrogens with one attached hydrogen (secondary N) is 1. The third-order valence-corrected chi connectivity index (χ3v) is 8.05. The van der Waals surface area contributed by atoms with Crippen molar-refractivity contribution in [2.24, 2.45) is 0 Å². The molecule has 0 spiro atoms. The second kappa shape index (κ2) is 9.40. The summed E-state index contributed by atoms with van der Waals surface area (Å²) in [7, 11) is -2.35. The van der Waals surface area contributed by atoms with Gasteiger partial charge in [-0.2, -0.15) is 4.31 Å². The quantitative estimate of drug-likeness (QED) is 0.597. The van der Waals surface area contributed by atoms with Crippen LogP contribution in [0.2, 0.25) is 0 Å². The number of sulfonamides is 1. The van der Waals surface area contributed by atoms with Crippen molar-refractivity contribution >= 4 is 26.7 Å². The molecule has 0 radical (unpaired) electrons. The number of ether oxygens (including phenoxy) is 1. The molecule has 1 fully saturated rings. The van der Waals surface area contributed by atoms with E-state index in [4.69, 9.17) is 4.74 Å². The number of nitrogens with zero attached hydrogens (tertiary/aromatic N) is 1. The molecular weight excluding hydrogens is 424 g/mol. The van der Waals surface area contributed by atoms with Gasteiger partial charge in [-0.1, -0.05) is 60.7 Å². The number of benzene rings is 3. The van der Waals surface area contributed by atoms with Crippen LogP contribution in [-0.2, 0) is 25.0 Å². The summed E-state index contributed by atoms with van der Waals surface area (Å²) in [6.07, 6.45) is 1.62. The van der Waals surface area contributed by atoms with Crippen molar-refractivity contribution in [2.45, 2.75) is 23.2 Å². The van der Waals surface area contributed by atoms with Gasteiger partial charge in [-0.3, -0.25) is 4.79 Å². The first-order valence-corrected chi connectivity index (χ1v) is 12.2. The van der Waals surface area contributed by atoms with Crippen LogP contribution in [0.3, 0.4) is 0 Å². The van der Waals surface area contributed by atoms with E-state index in [0.717, 1.165) is 27.9 Å². The van der Waals surface area contributed by atoms with Crippen LogP contribution in [0.4, 0.5) is 0 Å². The fourth-order valence-corrected chi connectivity index (χ4v) is 5.40. The van der Waals surface area contributed by atoms with E-state index in [-0.39, 0.29) is 22.8 Å². The second-order valence-corrected chi connectivity index (χ2v) is 10.4. The number of hydrogen-bond acceptors (Lipinski definition) is 4. The Hall–Kier alpha value is -2.74. The minimum absolute atomic E-state index is 0.177. The maximum absolute atomic E-state index is 13.0. The summed E-state index contributed by atoms with van der Waals surface area (Å²) >= 11 is 0. The third kappa shape index (κ3) is 4.70. The Morgan fingerprint density at radius 3 is 2.34 bits per heavy atom. The number of fused-ring (bicyclic) bond motifs is 1. The van der Waals surface area contributed by atoms with E-state index in [1.54, 1.807) is 18.2 Å². The summed E-state index contributed by atoms with van der Waals surface area (Å²) in [6.45, 7) is 1.49. The summed E-state index contributed by atoms with van der Waals surface area (Å²) in [4.78, 5) is 12.9. The number of carbonyl (C=O) groups is 1. The maximum atomic E-state index is 13.0.